The van der Waals surface area contributed by atoms with Gasteiger partial charge < -0.3 is 4.74 Å². The number of rotatable bonds is 6. The maximum atomic E-state index is 11.4. The third kappa shape index (κ3) is 4.43. The van der Waals surface area contributed by atoms with Gasteiger partial charge in [0, 0.05) is 12.3 Å². The summed E-state index contributed by atoms with van der Waals surface area (Å²) in [5.41, 5.74) is 4.91. The fraction of sp³-hybridized carbons (Fsp3) is 0.250. The molecule has 0 aliphatic carbocycles. The number of pyridine rings is 1. The third-order valence-corrected chi connectivity index (χ3v) is 4.90. The molecule has 0 spiro atoms. The molecule has 3 rings (SSSR count). The van der Waals surface area contributed by atoms with Gasteiger partial charge in [-0.05, 0) is 42.3 Å². The molecule has 0 atom stereocenters. The summed E-state index contributed by atoms with van der Waals surface area (Å²) >= 11 is 0. The Morgan fingerprint density at radius 3 is 2.11 bits per heavy atom. The van der Waals surface area contributed by atoms with E-state index in [1.165, 1.54) is 23.6 Å². The van der Waals surface area contributed by atoms with E-state index in [2.05, 4.69) is 62.2 Å². The van der Waals surface area contributed by atoms with Crippen LogP contribution < -0.4 is 4.74 Å². The minimum Gasteiger partial charge on any atom is -0.487 e. The normalized spacial score (nSPS) is 11.3. The van der Waals surface area contributed by atoms with Crippen LogP contribution in [0.4, 0.5) is 0 Å². The number of hydrogen-bond acceptors (Lipinski definition) is 3. The van der Waals surface area contributed by atoms with E-state index in [-0.39, 0.29) is 11.2 Å². The van der Waals surface area contributed by atoms with Crippen LogP contribution in [0.1, 0.15) is 53.6 Å². The van der Waals surface area contributed by atoms with Gasteiger partial charge in [-0.2, -0.15) is 0 Å². The largest absolute Gasteiger partial charge is 0.487 e. The maximum absolute atomic E-state index is 11.4. The molecular formula is C24H25NO2. The molecular weight excluding hydrogens is 334 g/mol. The van der Waals surface area contributed by atoms with E-state index in [0.717, 1.165) is 11.4 Å². The lowest BCUT2D eigenvalue weighted by atomic mass is 9.78. The number of ether oxygens (including phenoxy) is 1. The first-order valence-electron chi connectivity index (χ1n) is 9.13. The summed E-state index contributed by atoms with van der Waals surface area (Å²) in [5, 5.41) is 0. The molecule has 0 aliphatic heterocycles. The Morgan fingerprint density at radius 1 is 0.926 bits per heavy atom. The van der Waals surface area contributed by atoms with Crippen LogP contribution in [0.15, 0.2) is 66.7 Å². The number of carbonyl (C=O) groups is 1. The molecule has 1 aromatic heterocycles. The quantitative estimate of drug-likeness (QED) is 0.546. The molecule has 0 aliphatic rings. The van der Waals surface area contributed by atoms with Crippen molar-refractivity contribution >= 4 is 5.78 Å². The van der Waals surface area contributed by atoms with Gasteiger partial charge in [-0.3, -0.25) is 4.79 Å². The average molecular weight is 359 g/mol. The van der Waals surface area contributed by atoms with Gasteiger partial charge in [0.2, 0.25) is 0 Å². The third-order valence-electron chi connectivity index (χ3n) is 4.90. The molecule has 0 bridgehead atoms. The molecule has 27 heavy (non-hydrogen) atoms. The van der Waals surface area contributed by atoms with Crippen LogP contribution in [0.3, 0.4) is 0 Å². The zero-order valence-electron chi connectivity index (χ0n) is 16.3. The molecule has 3 heteroatoms. The van der Waals surface area contributed by atoms with Crippen LogP contribution >= 0.6 is 0 Å². The van der Waals surface area contributed by atoms with Gasteiger partial charge in [0.15, 0.2) is 5.78 Å². The molecule has 138 valence electrons. The van der Waals surface area contributed by atoms with Gasteiger partial charge >= 0.3 is 0 Å². The monoisotopic (exact) mass is 359 g/mol. The number of benzene rings is 2. The lowest BCUT2D eigenvalue weighted by Gasteiger charge is -2.26. The molecule has 0 radical (unpaired) electrons. The second-order valence-corrected chi connectivity index (χ2v) is 7.37. The number of carbonyl (C=O) groups excluding carboxylic acids is 1. The first-order chi connectivity index (χ1) is 12.9. The summed E-state index contributed by atoms with van der Waals surface area (Å²) in [6.45, 7) is 8.41. The van der Waals surface area contributed by atoms with Gasteiger partial charge in [-0.1, -0.05) is 61.9 Å². The Balaban J connectivity index is 1.71. The van der Waals surface area contributed by atoms with Crippen LogP contribution in [-0.2, 0) is 12.0 Å². The average Bonchev–Trinajstić information content (AvgIpc) is 2.67. The molecule has 0 saturated carbocycles. The standard InChI is InChI=1S/C24H25NO2/c1-17-8-10-19(11-9-17)24(3,4)20-12-14-22(15-13-20)27-16-21-6-5-7-23(25-21)18(2)26/h5-15H,16H2,1-4H3. The van der Waals surface area contributed by atoms with Gasteiger partial charge in [0.05, 0.1) is 5.69 Å². The van der Waals surface area contributed by atoms with Crippen LogP contribution in [0, 0.1) is 6.92 Å². The summed E-state index contributed by atoms with van der Waals surface area (Å²) in [6.07, 6.45) is 0. The van der Waals surface area contributed by atoms with Gasteiger partial charge in [0.1, 0.15) is 18.1 Å². The fourth-order valence-corrected chi connectivity index (χ4v) is 3.02. The zero-order chi connectivity index (χ0) is 19.4. The van der Waals surface area contributed by atoms with Crippen LogP contribution in [0.2, 0.25) is 0 Å². The van der Waals surface area contributed by atoms with Crippen LogP contribution in [0.5, 0.6) is 5.75 Å². The maximum Gasteiger partial charge on any atom is 0.178 e. The molecule has 3 nitrogen and oxygen atoms in total. The molecule has 1 heterocycles. The van der Waals surface area contributed by atoms with Crippen molar-refractivity contribution in [2.75, 3.05) is 0 Å². The molecule has 0 amide bonds. The van der Waals surface area contributed by atoms with E-state index < -0.39 is 0 Å². The smallest absolute Gasteiger partial charge is 0.178 e. The predicted molar refractivity (Wildman–Crippen MR) is 108 cm³/mol. The Kier molecular flexibility index (Phi) is 5.41. The number of Topliss-reactive ketones (excluding diaryl/α,β-unsaturated/α-hetero) is 1. The summed E-state index contributed by atoms with van der Waals surface area (Å²) < 4.78 is 5.84. The van der Waals surface area contributed by atoms with Crippen LogP contribution in [-0.4, -0.2) is 10.8 Å². The summed E-state index contributed by atoms with van der Waals surface area (Å²) in [4.78, 5) is 15.8. The van der Waals surface area contributed by atoms with Crippen molar-refractivity contribution in [2.45, 2.75) is 39.7 Å². The second kappa shape index (κ2) is 7.75. The Hall–Kier alpha value is -2.94. The molecule has 0 saturated heterocycles. The summed E-state index contributed by atoms with van der Waals surface area (Å²) in [5.74, 6) is 0.744. The Bertz CT molecular complexity index is 925. The number of aromatic nitrogens is 1. The SMILES string of the molecule is CC(=O)c1cccc(COc2ccc(C(C)(C)c3ccc(C)cc3)cc2)n1. The molecule has 2 aromatic carbocycles. The number of aryl methyl sites for hydroxylation is 1. The van der Waals surface area contributed by atoms with Crippen molar-refractivity contribution in [2.24, 2.45) is 0 Å². The fourth-order valence-electron chi connectivity index (χ4n) is 3.02. The van der Waals surface area contributed by atoms with E-state index in [9.17, 15) is 4.79 Å². The highest BCUT2D eigenvalue weighted by Gasteiger charge is 2.22. The van der Waals surface area contributed by atoms with E-state index in [1.54, 1.807) is 6.07 Å². The van der Waals surface area contributed by atoms with Crippen molar-refractivity contribution < 1.29 is 9.53 Å². The summed E-state index contributed by atoms with van der Waals surface area (Å²) in [6, 6.07) is 22.3. The van der Waals surface area contributed by atoms with Crippen molar-refractivity contribution in [1.82, 2.24) is 4.98 Å². The Labute approximate surface area is 161 Å². The molecule has 0 N–H and O–H groups in total. The second-order valence-electron chi connectivity index (χ2n) is 7.37. The lowest BCUT2D eigenvalue weighted by molar-refractivity contribution is 0.101. The Morgan fingerprint density at radius 2 is 1.52 bits per heavy atom. The first-order valence-corrected chi connectivity index (χ1v) is 9.13. The highest BCUT2D eigenvalue weighted by molar-refractivity contribution is 5.92. The predicted octanol–water partition coefficient (Wildman–Crippen LogP) is 5.50. The minimum atomic E-state index is -0.0798. The van der Waals surface area contributed by atoms with Crippen molar-refractivity contribution in [3.63, 3.8) is 0 Å². The van der Waals surface area contributed by atoms with Crippen molar-refractivity contribution in [1.29, 1.82) is 0 Å². The highest BCUT2D eigenvalue weighted by atomic mass is 16.5. The van der Waals surface area contributed by atoms with Crippen LogP contribution in [0.25, 0.3) is 0 Å². The topological polar surface area (TPSA) is 39.2 Å². The lowest BCUT2D eigenvalue weighted by Crippen LogP contribution is -2.18. The van der Waals surface area contributed by atoms with Crippen molar-refractivity contribution in [3.8, 4) is 5.75 Å². The molecule has 0 fully saturated rings. The first kappa shape index (κ1) is 18.8. The van der Waals surface area contributed by atoms with E-state index in [1.807, 2.05) is 24.3 Å². The van der Waals surface area contributed by atoms with E-state index in [0.29, 0.717) is 12.3 Å². The minimum absolute atomic E-state index is 0.0421. The van der Waals surface area contributed by atoms with Crippen molar-refractivity contribution in [3.05, 3.63) is 94.8 Å². The number of ketones is 1. The number of nitrogens with zero attached hydrogens (tertiary/aromatic N) is 1. The van der Waals surface area contributed by atoms with Gasteiger partial charge in [0.25, 0.3) is 0 Å². The zero-order valence-corrected chi connectivity index (χ0v) is 16.3. The number of hydrogen-bond donors (Lipinski definition) is 0. The molecule has 3 aromatic rings. The van der Waals surface area contributed by atoms with E-state index in [4.69, 9.17) is 4.74 Å². The molecule has 0 unspecified atom stereocenters. The van der Waals surface area contributed by atoms with E-state index >= 15 is 0 Å². The summed E-state index contributed by atoms with van der Waals surface area (Å²) in [7, 11) is 0. The highest BCUT2D eigenvalue weighted by Crippen LogP contribution is 2.32. The van der Waals surface area contributed by atoms with Gasteiger partial charge in [-0.15, -0.1) is 0 Å². The van der Waals surface area contributed by atoms with Gasteiger partial charge in [-0.25, -0.2) is 4.98 Å².